The third-order valence-corrected chi connectivity index (χ3v) is 6.94. The van der Waals surface area contributed by atoms with Crippen molar-refractivity contribution < 1.29 is 13.9 Å². The van der Waals surface area contributed by atoms with Crippen LogP contribution in [0.2, 0.25) is 0 Å². The quantitative estimate of drug-likeness (QED) is 0.294. The van der Waals surface area contributed by atoms with E-state index >= 15 is 0 Å². The summed E-state index contributed by atoms with van der Waals surface area (Å²) in [7, 11) is 0. The van der Waals surface area contributed by atoms with Crippen LogP contribution in [0.3, 0.4) is 0 Å². The Labute approximate surface area is 210 Å². The molecule has 178 valence electrons. The predicted molar refractivity (Wildman–Crippen MR) is 139 cm³/mol. The van der Waals surface area contributed by atoms with Gasteiger partial charge < -0.3 is 4.74 Å². The predicted octanol–water partition coefficient (Wildman–Crippen LogP) is 6.36. The van der Waals surface area contributed by atoms with Crippen molar-refractivity contribution in [3.8, 4) is 11.4 Å². The number of hydrogen-bond donors (Lipinski definition) is 1. The van der Waals surface area contributed by atoms with E-state index in [0.717, 1.165) is 44.6 Å². The summed E-state index contributed by atoms with van der Waals surface area (Å²) in [5.74, 6) is 0.237. The van der Waals surface area contributed by atoms with E-state index in [9.17, 15) is 9.18 Å². The molecule has 6 nitrogen and oxygen atoms in total. The van der Waals surface area contributed by atoms with Gasteiger partial charge >= 0.3 is 0 Å². The fourth-order valence-corrected chi connectivity index (χ4v) is 5.11. The fraction of sp³-hybridized carbons (Fsp3) is 0.107. The van der Waals surface area contributed by atoms with Gasteiger partial charge in [0.25, 0.3) is 5.91 Å². The summed E-state index contributed by atoms with van der Waals surface area (Å²) in [6.07, 6.45) is 3.97. The molecular formula is C28H21FN4O2S. The van der Waals surface area contributed by atoms with E-state index in [2.05, 4.69) is 21.5 Å². The molecule has 0 aliphatic carbocycles. The van der Waals surface area contributed by atoms with Crippen LogP contribution in [0.5, 0.6) is 5.75 Å². The van der Waals surface area contributed by atoms with Gasteiger partial charge in [0.15, 0.2) is 5.13 Å². The number of benzene rings is 3. The molecule has 0 bridgehead atoms. The molecule has 0 unspecified atom stereocenters. The van der Waals surface area contributed by atoms with Crippen LogP contribution in [-0.2, 0) is 11.4 Å². The van der Waals surface area contributed by atoms with Gasteiger partial charge in [-0.3, -0.25) is 10.1 Å². The lowest BCUT2D eigenvalue weighted by atomic mass is 9.88. The molecule has 0 fully saturated rings. The lowest BCUT2D eigenvalue weighted by Gasteiger charge is -2.16. The zero-order valence-electron chi connectivity index (χ0n) is 19.4. The second kappa shape index (κ2) is 9.05. The second-order valence-corrected chi connectivity index (χ2v) is 9.28. The monoisotopic (exact) mass is 496 g/mol. The van der Waals surface area contributed by atoms with Crippen molar-refractivity contribution in [2.75, 3.05) is 5.32 Å². The molecule has 0 atom stereocenters. The Kier molecular flexibility index (Phi) is 5.58. The first-order valence-electron chi connectivity index (χ1n) is 11.6. The highest BCUT2D eigenvalue weighted by Gasteiger charge is 2.26. The van der Waals surface area contributed by atoms with Crippen LogP contribution >= 0.6 is 11.3 Å². The number of carbonyl (C=O) groups is 1. The minimum absolute atomic E-state index is 0.188. The Hall–Kier alpha value is -4.30. The third-order valence-electron chi connectivity index (χ3n) is 6.26. The average Bonchev–Trinajstić information content (AvgIpc) is 3.52. The Bertz CT molecular complexity index is 1620. The summed E-state index contributed by atoms with van der Waals surface area (Å²) in [6, 6.07) is 18.1. The van der Waals surface area contributed by atoms with Gasteiger partial charge in [-0.2, -0.15) is 5.10 Å². The molecule has 0 radical (unpaired) electrons. The lowest BCUT2D eigenvalue weighted by molar-refractivity contribution is -0.112. The van der Waals surface area contributed by atoms with Crippen LogP contribution in [0.1, 0.15) is 30.0 Å². The normalized spacial score (nSPS) is 13.9. The Morgan fingerprint density at radius 1 is 1.14 bits per heavy atom. The summed E-state index contributed by atoms with van der Waals surface area (Å²) in [4.78, 5) is 17.7. The topological polar surface area (TPSA) is 69.0 Å². The van der Waals surface area contributed by atoms with Gasteiger partial charge in [0.2, 0.25) is 0 Å². The van der Waals surface area contributed by atoms with Crippen LogP contribution in [0.15, 0.2) is 84.0 Å². The SMILES string of the molecule is CCC(C(=O)Nc1nccs1)=C1c2cc3cnn(-c4ccc(F)cc4)c3cc2COc2ccccc21. The minimum atomic E-state index is -0.298. The van der Waals surface area contributed by atoms with E-state index in [1.54, 1.807) is 29.2 Å². The smallest absolute Gasteiger partial charge is 0.254 e. The molecule has 3 aromatic carbocycles. The Morgan fingerprint density at radius 3 is 2.75 bits per heavy atom. The molecule has 1 N–H and O–H groups in total. The van der Waals surface area contributed by atoms with Crippen LogP contribution in [0.4, 0.5) is 9.52 Å². The van der Waals surface area contributed by atoms with Gasteiger partial charge in [-0.1, -0.05) is 25.1 Å². The summed E-state index contributed by atoms with van der Waals surface area (Å²) >= 11 is 1.38. The number of ether oxygens (including phenoxy) is 1. The highest BCUT2D eigenvalue weighted by molar-refractivity contribution is 7.13. The van der Waals surface area contributed by atoms with Gasteiger partial charge in [-0.25, -0.2) is 14.1 Å². The van der Waals surface area contributed by atoms with E-state index in [1.807, 2.05) is 42.6 Å². The molecule has 1 aliphatic rings. The first kappa shape index (κ1) is 22.2. The van der Waals surface area contributed by atoms with Crippen molar-refractivity contribution >= 4 is 38.9 Å². The molecule has 1 aliphatic heterocycles. The van der Waals surface area contributed by atoms with Gasteiger partial charge in [0, 0.05) is 33.7 Å². The molecule has 0 spiro atoms. The number of nitrogens with zero attached hydrogens (tertiary/aromatic N) is 3. The lowest BCUT2D eigenvalue weighted by Crippen LogP contribution is -2.16. The number of para-hydroxylation sites is 1. The number of amides is 1. The molecule has 36 heavy (non-hydrogen) atoms. The van der Waals surface area contributed by atoms with Crippen molar-refractivity contribution in [1.82, 2.24) is 14.8 Å². The number of thiazole rings is 1. The number of nitrogens with one attached hydrogen (secondary N) is 1. The van der Waals surface area contributed by atoms with E-state index in [1.165, 1.54) is 23.5 Å². The number of hydrogen-bond acceptors (Lipinski definition) is 5. The summed E-state index contributed by atoms with van der Waals surface area (Å²) in [5, 5.41) is 10.8. The molecule has 5 aromatic rings. The number of carbonyl (C=O) groups excluding carboxylic acids is 1. The minimum Gasteiger partial charge on any atom is -0.488 e. The maximum Gasteiger partial charge on any atom is 0.254 e. The van der Waals surface area contributed by atoms with E-state index in [4.69, 9.17) is 4.74 Å². The Morgan fingerprint density at radius 2 is 1.97 bits per heavy atom. The van der Waals surface area contributed by atoms with E-state index < -0.39 is 0 Å². The third kappa shape index (κ3) is 3.85. The van der Waals surface area contributed by atoms with Crippen LogP contribution < -0.4 is 10.1 Å². The average molecular weight is 497 g/mol. The van der Waals surface area contributed by atoms with Crippen molar-refractivity contribution in [2.45, 2.75) is 20.0 Å². The van der Waals surface area contributed by atoms with Gasteiger partial charge in [-0.15, -0.1) is 11.3 Å². The number of fused-ring (bicyclic) bond motifs is 3. The Balaban J connectivity index is 1.56. The first-order valence-corrected chi connectivity index (χ1v) is 12.4. The van der Waals surface area contributed by atoms with E-state index in [0.29, 0.717) is 23.7 Å². The standard InChI is InChI=1S/C28H21FN4O2S/c1-2-21(27(34)32-28-30-11-12-36-28)26-22-5-3-4-6-25(22)35-16-18-14-24-17(13-23(18)26)15-31-33(24)20-9-7-19(29)8-10-20/h3-15H,2,16H2,1H3,(H,30,32,34). The van der Waals surface area contributed by atoms with Crippen molar-refractivity contribution in [2.24, 2.45) is 0 Å². The number of halogens is 1. The summed E-state index contributed by atoms with van der Waals surface area (Å²) < 4.78 is 21.5. The largest absolute Gasteiger partial charge is 0.488 e. The zero-order chi connectivity index (χ0) is 24.6. The van der Waals surface area contributed by atoms with Gasteiger partial charge in [0.1, 0.15) is 18.2 Å². The molecule has 8 heteroatoms. The fourth-order valence-electron chi connectivity index (χ4n) is 4.59. The summed E-state index contributed by atoms with van der Waals surface area (Å²) in [6.45, 7) is 2.31. The number of anilines is 1. The molecule has 2 aromatic heterocycles. The first-order chi connectivity index (χ1) is 17.6. The van der Waals surface area contributed by atoms with Crippen LogP contribution in [0, 0.1) is 5.82 Å². The zero-order valence-corrected chi connectivity index (χ0v) is 20.2. The molecule has 1 amide bonds. The molecule has 6 rings (SSSR count). The van der Waals surface area contributed by atoms with E-state index in [-0.39, 0.29) is 11.7 Å². The van der Waals surface area contributed by atoms with Crippen molar-refractivity contribution in [1.29, 1.82) is 0 Å². The maximum atomic E-state index is 13.5. The van der Waals surface area contributed by atoms with Crippen LogP contribution in [-0.4, -0.2) is 20.7 Å². The number of rotatable bonds is 4. The van der Waals surface area contributed by atoms with Gasteiger partial charge in [-0.05, 0) is 60.0 Å². The molecule has 0 saturated carbocycles. The molecular weight excluding hydrogens is 475 g/mol. The second-order valence-electron chi connectivity index (χ2n) is 8.38. The number of aromatic nitrogens is 3. The molecule has 0 saturated heterocycles. The van der Waals surface area contributed by atoms with Crippen molar-refractivity contribution in [3.05, 3.63) is 107 Å². The summed E-state index contributed by atoms with van der Waals surface area (Å²) in [5.41, 5.74) is 5.85. The maximum absolute atomic E-state index is 13.5. The van der Waals surface area contributed by atoms with Crippen LogP contribution in [0.25, 0.3) is 22.2 Å². The molecule has 3 heterocycles. The highest BCUT2D eigenvalue weighted by Crippen LogP contribution is 2.41. The highest BCUT2D eigenvalue weighted by atomic mass is 32.1. The van der Waals surface area contributed by atoms with Gasteiger partial charge in [0.05, 0.1) is 17.4 Å². The van der Waals surface area contributed by atoms with Crippen molar-refractivity contribution in [3.63, 3.8) is 0 Å².